The van der Waals surface area contributed by atoms with Crippen molar-refractivity contribution in [3.8, 4) is 11.3 Å². The van der Waals surface area contributed by atoms with Crippen LogP contribution in [0.25, 0.3) is 23.0 Å². The van der Waals surface area contributed by atoms with Crippen LogP contribution < -0.4 is 10.6 Å². The van der Waals surface area contributed by atoms with Crippen molar-refractivity contribution in [2.75, 3.05) is 18.5 Å². The van der Waals surface area contributed by atoms with Gasteiger partial charge in [0.15, 0.2) is 0 Å². The number of hydrogen-bond donors (Lipinski definition) is 2. The Balaban J connectivity index is 0.00000204. The van der Waals surface area contributed by atoms with Crippen LogP contribution in [0.3, 0.4) is 0 Å². The van der Waals surface area contributed by atoms with Gasteiger partial charge in [-0.15, -0.1) is 0 Å². The zero-order valence-electron chi connectivity index (χ0n) is 18.8. The summed E-state index contributed by atoms with van der Waals surface area (Å²) in [5, 5.41) is 6.82. The molecule has 3 aromatic rings. The van der Waals surface area contributed by atoms with Crippen LogP contribution in [0.1, 0.15) is 44.9 Å². The summed E-state index contributed by atoms with van der Waals surface area (Å²) >= 11 is 0. The van der Waals surface area contributed by atoms with Crippen molar-refractivity contribution in [2.45, 2.75) is 33.3 Å². The first kappa shape index (κ1) is 21.8. The third kappa shape index (κ3) is 5.42. The van der Waals surface area contributed by atoms with E-state index in [1.807, 2.05) is 25.3 Å². The summed E-state index contributed by atoms with van der Waals surface area (Å²) in [6.07, 6.45) is 8.24. The second-order valence-electron chi connectivity index (χ2n) is 8.07. The average molecular weight is 431 g/mol. The van der Waals surface area contributed by atoms with Crippen molar-refractivity contribution in [1.29, 1.82) is 0 Å². The standard InChI is InChI=1S/C27H30N4O.2H2/c1-4-5-11-28-20(3)24-13-21-9-7-12-32-18-22-8-6-10-23(14-22)26-19(2)17-29-27(31-26)30-25(15-21)16-24;;/h6-10,13-17,28H,3-5,11-12,18H2,1-2H3,(H,29,30,31);2*1H/b9-7+;;. The lowest BCUT2D eigenvalue weighted by atomic mass is 10.1. The maximum atomic E-state index is 5.88. The number of anilines is 2. The fourth-order valence-corrected chi connectivity index (χ4v) is 3.67. The molecule has 6 bridgehead atoms. The number of aromatic nitrogens is 2. The molecule has 2 N–H and O–H groups in total. The summed E-state index contributed by atoms with van der Waals surface area (Å²) in [6.45, 7) is 10.5. The number of fused-ring (bicyclic) bond motifs is 7. The maximum absolute atomic E-state index is 5.88. The lowest BCUT2D eigenvalue weighted by Crippen LogP contribution is -2.13. The number of unbranched alkanes of at least 4 members (excludes halogenated alkanes) is 1. The van der Waals surface area contributed by atoms with Gasteiger partial charge in [0.05, 0.1) is 18.9 Å². The molecule has 0 saturated carbocycles. The summed E-state index contributed by atoms with van der Waals surface area (Å²) in [7, 11) is 0. The molecule has 168 valence electrons. The van der Waals surface area contributed by atoms with Gasteiger partial charge in [-0.2, -0.15) is 0 Å². The lowest BCUT2D eigenvalue weighted by Gasteiger charge is -2.14. The Labute approximate surface area is 193 Å². The van der Waals surface area contributed by atoms with Crippen LogP contribution in [-0.4, -0.2) is 23.1 Å². The van der Waals surface area contributed by atoms with Gasteiger partial charge in [-0.1, -0.05) is 50.3 Å². The third-order valence-electron chi connectivity index (χ3n) is 5.39. The number of rotatable bonds is 5. The first-order valence-electron chi connectivity index (χ1n) is 11.1. The quantitative estimate of drug-likeness (QED) is 0.447. The molecule has 5 heteroatoms. The van der Waals surface area contributed by atoms with E-state index in [1.54, 1.807) is 0 Å². The van der Waals surface area contributed by atoms with Crippen LogP contribution in [0.4, 0.5) is 11.6 Å². The van der Waals surface area contributed by atoms with Crippen molar-refractivity contribution in [1.82, 2.24) is 15.3 Å². The van der Waals surface area contributed by atoms with Crippen molar-refractivity contribution < 1.29 is 7.59 Å². The Hall–Kier alpha value is -3.44. The Morgan fingerprint density at radius 3 is 3.03 bits per heavy atom. The van der Waals surface area contributed by atoms with E-state index in [1.165, 1.54) is 0 Å². The minimum absolute atomic E-state index is 0. The molecular weight excluding hydrogens is 396 g/mol. The predicted molar refractivity (Wildman–Crippen MR) is 137 cm³/mol. The van der Waals surface area contributed by atoms with Crippen molar-refractivity contribution in [3.63, 3.8) is 0 Å². The van der Waals surface area contributed by atoms with E-state index < -0.39 is 0 Å². The average Bonchev–Trinajstić information content (AvgIpc) is 2.80. The number of benzene rings is 2. The van der Waals surface area contributed by atoms with Gasteiger partial charge in [-0.05, 0) is 59.9 Å². The molecule has 4 rings (SSSR count). The Morgan fingerprint density at radius 2 is 2.16 bits per heavy atom. The SMILES string of the molecule is C=C(NCCCC)c1cc2cc(c1)Nc1ncc(C)c(n1)-c1cccc(c1)COC/C=C/2.[HH].[HH]. The normalized spacial score (nSPS) is 13.9. The monoisotopic (exact) mass is 430 g/mol. The van der Waals surface area contributed by atoms with Crippen molar-refractivity contribution in [2.24, 2.45) is 0 Å². The first-order valence-corrected chi connectivity index (χ1v) is 11.1. The molecule has 0 spiro atoms. The van der Waals surface area contributed by atoms with Crippen LogP contribution in [0.5, 0.6) is 0 Å². The minimum Gasteiger partial charge on any atom is -0.385 e. The molecule has 0 amide bonds. The highest BCUT2D eigenvalue weighted by Crippen LogP contribution is 2.26. The summed E-state index contributed by atoms with van der Waals surface area (Å²) < 4.78 is 5.88. The van der Waals surface area contributed by atoms with Crippen molar-refractivity contribution >= 4 is 23.4 Å². The Bertz CT molecular complexity index is 1150. The highest BCUT2D eigenvalue weighted by atomic mass is 16.5. The molecule has 1 aliphatic rings. The number of nitrogens with one attached hydrogen (secondary N) is 2. The Kier molecular flexibility index (Phi) is 6.97. The second-order valence-corrected chi connectivity index (χ2v) is 8.07. The highest BCUT2D eigenvalue weighted by molar-refractivity contribution is 5.73. The maximum Gasteiger partial charge on any atom is 0.227 e. The smallest absolute Gasteiger partial charge is 0.227 e. The molecule has 0 unspecified atom stereocenters. The van der Waals surface area contributed by atoms with Crippen LogP contribution in [-0.2, 0) is 11.3 Å². The second kappa shape index (κ2) is 10.2. The van der Waals surface area contributed by atoms with E-state index in [2.05, 4.69) is 71.6 Å². The fourth-order valence-electron chi connectivity index (χ4n) is 3.67. The largest absolute Gasteiger partial charge is 0.385 e. The molecular formula is C27H34N4O. The topological polar surface area (TPSA) is 59.1 Å². The van der Waals surface area contributed by atoms with E-state index >= 15 is 0 Å². The molecule has 5 nitrogen and oxygen atoms in total. The van der Waals surface area contributed by atoms with Gasteiger partial charge in [0.2, 0.25) is 5.95 Å². The number of nitrogens with zero attached hydrogens (tertiary/aromatic N) is 2. The van der Waals surface area contributed by atoms with Crippen LogP contribution in [0, 0.1) is 6.92 Å². The van der Waals surface area contributed by atoms with E-state index in [-0.39, 0.29) is 2.85 Å². The Morgan fingerprint density at radius 1 is 1.25 bits per heavy atom. The van der Waals surface area contributed by atoms with Gasteiger partial charge in [0.25, 0.3) is 0 Å². The van der Waals surface area contributed by atoms with Crippen LogP contribution in [0.2, 0.25) is 0 Å². The summed E-state index contributed by atoms with van der Waals surface area (Å²) in [6, 6.07) is 14.6. The predicted octanol–water partition coefficient (Wildman–Crippen LogP) is 6.59. The molecule has 1 aliphatic heterocycles. The summed E-state index contributed by atoms with van der Waals surface area (Å²) in [5.41, 5.74) is 8.05. The fraction of sp³-hybridized carbons (Fsp3) is 0.259. The van der Waals surface area contributed by atoms with Gasteiger partial charge < -0.3 is 15.4 Å². The van der Waals surface area contributed by atoms with E-state index in [0.717, 1.165) is 64.3 Å². The minimum atomic E-state index is 0. The first-order chi connectivity index (χ1) is 15.6. The lowest BCUT2D eigenvalue weighted by molar-refractivity contribution is 0.149. The third-order valence-corrected chi connectivity index (χ3v) is 5.39. The van der Waals surface area contributed by atoms with E-state index in [9.17, 15) is 0 Å². The van der Waals surface area contributed by atoms with Crippen LogP contribution in [0.15, 0.2) is 61.3 Å². The number of hydrogen-bond acceptors (Lipinski definition) is 5. The van der Waals surface area contributed by atoms with Gasteiger partial charge in [0, 0.05) is 32.5 Å². The molecule has 0 radical (unpaired) electrons. The molecule has 0 fully saturated rings. The van der Waals surface area contributed by atoms with Crippen LogP contribution >= 0.6 is 0 Å². The number of ether oxygens (including phenoxy) is 1. The zero-order chi connectivity index (χ0) is 22.3. The van der Waals surface area contributed by atoms with Crippen molar-refractivity contribution in [3.05, 3.63) is 83.6 Å². The molecule has 0 atom stereocenters. The highest BCUT2D eigenvalue weighted by Gasteiger charge is 2.10. The molecule has 0 aliphatic carbocycles. The van der Waals surface area contributed by atoms with Gasteiger partial charge in [0.1, 0.15) is 0 Å². The summed E-state index contributed by atoms with van der Waals surface area (Å²) in [4.78, 5) is 9.35. The summed E-state index contributed by atoms with van der Waals surface area (Å²) in [5.74, 6) is 0.568. The van der Waals surface area contributed by atoms with E-state index in [0.29, 0.717) is 19.2 Å². The van der Waals surface area contributed by atoms with Gasteiger partial charge >= 0.3 is 0 Å². The number of aryl methyl sites for hydroxylation is 1. The zero-order valence-corrected chi connectivity index (χ0v) is 18.8. The molecule has 32 heavy (non-hydrogen) atoms. The van der Waals surface area contributed by atoms with Gasteiger partial charge in [-0.25, -0.2) is 9.97 Å². The molecule has 2 heterocycles. The molecule has 1 aromatic heterocycles. The molecule has 2 aromatic carbocycles. The molecule has 0 saturated heterocycles. The van der Waals surface area contributed by atoms with Gasteiger partial charge in [-0.3, -0.25) is 0 Å². The van der Waals surface area contributed by atoms with E-state index in [4.69, 9.17) is 9.72 Å².